The van der Waals surface area contributed by atoms with Crippen LogP contribution >= 0.6 is 11.6 Å². The fourth-order valence-corrected chi connectivity index (χ4v) is 3.59. The Hall–Kier alpha value is -3.52. The minimum absolute atomic E-state index is 0.0702. The molecule has 3 aromatic rings. The maximum atomic E-state index is 13.8. The third-order valence-electron chi connectivity index (χ3n) is 5.19. The van der Waals surface area contributed by atoms with Gasteiger partial charge in [0.15, 0.2) is 5.76 Å². The smallest absolute Gasteiger partial charge is 0.250 e. The van der Waals surface area contributed by atoms with Crippen molar-refractivity contribution >= 4 is 29.7 Å². The molecule has 0 saturated heterocycles. The molecule has 0 saturated carbocycles. The Morgan fingerprint density at radius 1 is 1.18 bits per heavy atom. The fraction of sp³-hybridized carbons (Fsp3) is 0.292. The average molecular weight is 558 g/mol. The molecule has 3 rings (SSSR count). The van der Waals surface area contributed by atoms with Gasteiger partial charge in [0.1, 0.15) is 11.6 Å². The van der Waals surface area contributed by atoms with Crippen LogP contribution < -0.4 is 15.8 Å². The summed E-state index contributed by atoms with van der Waals surface area (Å²) in [6.07, 6.45) is -2.36. The maximum absolute atomic E-state index is 13.8. The molecule has 1 heterocycles. The molecular formula is C24H24ClF4N5O4. The van der Waals surface area contributed by atoms with Crippen molar-refractivity contribution in [3.63, 3.8) is 0 Å². The van der Waals surface area contributed by atoms with Crippen LogP contribution in [0, 0.1) is 11.6 Å². The van der Waals surface area contributed by atoms with E-state index in [1.165, 1.54) is 43.3 Å². The number of carbonyl (C=O) groups is 2. The Morgan fingerprint density at radius 2 is 1.95 bits per heavy atom. The van der Waals surface area contributed by atoms with E-state index in [0.717, 1.165) is 5.01 Å². The number of anilines is 1. The van der Waals surface area contributed by atoms with Crippen LogP contribution in [0.4, 0.5) is 23.4 Å². The predicted molar refractivity (Wildman–Crippen MR) is 130 cm³/mol. The molecule has 0 aliphatic heterocycles. The number of carbonyl (C=O) groups excluding carboxylic acids is 2. The van der Waals surface area contributed by atoms with Crippen LogP contribution in [-0.4, -0.2) is 54.6 Å². The molecule has 1 aromatic heterocycles. The molecule has 0 radical (unpaired) electrons. The van der Waals surface area contributed by atoms with Crippen LogP contribution in [-0.2, 0) is 21.0 Å². The van der Waals surface area contributed by atoms with Crippen molar-refractivity contribution in [2.45, 2.75) is 25.9 Å². The highest BCUT2D eigenvalue weighted by Gasteiger charge is 2.25. The lowest BCUT2D eigenvalue weighted by Gasteiger charge is -2.32. The van der Waals surface area contributed by atoms with Crippen molar-refractivity contribution in [2.75, 3.05) is 24.8 Å². The first-order valence-electron chi connectivity index (χ1n) is 11.2. The van der Waals surface area contributed by atoms with Crippen LogP contribution in [0.1, 0.15) is 12.5 Å². The van der Waals surface area contributed by atoms with Gasteiger partial charge in [-0.2, -0.15) is 5.06 Å². The van der Waals surface area contributed by atoms with Gasteiger partial charge in [-0.15, -0.1) is 0 Å². The zero-order valence-corrected chi connectivity index (χ0v) is 20.8. The SMILES string of the molecule is CC(=O)N(NCc1cccc(F)c1Cl)[C@@H](CNCC(F)F)CON(C=O)c1cc(-c2cccc(F)c2)on1. The summed E-state index contributed by atoms with van der Waals surface area (Å²) in [5.41, 5.74) is 3.52. The van der Waals surface area contributed by atoms with E-state index in [2.05, 4.69) is 15.9 Å². The molecule has 2 N–H and O–H groups in total. The Morgan fingerprint density at radius 3 is 2.63 bits per heavy atom. The quantitative estimate of drug-likeness (QED) is 0.176. The number of nitrogens with zero attached hydrogens (tertiary/aromatic N) is 3. The normalized spacial score (nSPS) is 12.0. The number of hydrazine groups is 1. The van der Waals surface area contributed by atoms with Crippen LogP contribution in [0.3, 0.4) is 0 Å². The summed E-state index contributed by atoms with van der Waals surface area (Å²) in [4.78, 5) is 29.6. The van der Waals surface area contributed by atoms with Gasteiger partial charge in [-0.3, -0.25) is 19.4 Å². The summed E-state index contributed by atoms with van der Waals surface area (Å²) in [5, 5.41) is 7.94. The van der Waals surface area contributed by atoms with Gasteiger partial charge in [-0.1, -0.05) is 41.0 Å². The zero-order chi connectivity index (χ0) is 27.7. The molecule has 38 heavy (non-hydrogen) atoms. The van der Waals surface area contributed by atoms with Gasteiger partial charge in [0.25, 0.3) is 6.43 Å². The van der Waals surface area contributed by atoms with Crippen LogP contribution in [0.2, 0.25) is 5.02 Å². The number of halogens is 5. The van der Waals surface area contributed by atoms with E-state index in [9.17, 15) is 27.2 Å². The van der Waals surface area contributed by atoms with E-state index in [0.29, 0.717) is 16.2 Å². The molecule has 9 nitrogen and oxygen atoms in total. The van der Waals surface area contributed by atoms with Crippen molar-refractivity contribution in [1.29, 1.82) is 0 Å². The van der Waals surface area contributed by atoms with Gasteiger partial charge in [0.2, 0.25) is 18.1 Å². The number of aromatic nitrogens is 1. The van der Waals surface area contributed by atoms with E-state index in [-0.39, 0.29) is 42.7 Å². The summed E-state index contributed by atoms with van der Waals surface area (Å²) >= 11 is 5.98. The maximum Gasteiger partial charge on any atom is 0.250 e. The number of rotatable bonds is 14. The highest BCUT2D eigenvalue weighted by molar-refractivity contribution is 6.31. The fourth-order valence-electron chi connectivity index (χ4n) is 3.40. The first-order chi connectivity index (χ1) is 18.2. The minimum atomic E-state index is -2.65. The number of nitrogens with one attached hydrogen (secondary N) is 2. The second kappa shape index (κ2) is 13.9. The second-order valence-corrected chi connectivity index (χ2v) is 8.30. The van der Waals surface area contributed by atoms with Gasteiger partial charge in [0.05, 0.1) is 24.2 Å². The van der Waals surface area contributed by atoms with Gasteiger partial charge in [-0.05, 0) is 23.8 Å². The minimum Gasteiger partial charge on any atom is -0.354 e. The molecule has 0 aliphatic rings. The molecule has 0 fully saturated rings. The highest BCUT2D eigenvalue weighted by Crippen LogP contribution is 2.25. The van der Waals surface area contributed by atoms with Crippen molar-refractivity contribution in [3.8, 4) is 11.3 Å². The van der Waals surface area contributed by atoms with Gasteiger partial charge >= 0.3 is 0 Å². The Labute approximate surface area is 220 Å². The lowest BCUT2D eigenvalue weighted by atomic mass is 10.2. The van der Waals surface area contributed by atoms with Crippen LogP contribution in [0.5, 0.6) is 0 Å². The summed E-state index contributed by atoms with van der Waals surface area (Å²) in [5.74, 6) is -1.58. The molecule has 0 aliphatic carbocycles. The second-order valence-electron chi connectivity index (χ2n) is 7.93. The lowest BCUT2D eigenvalue weighted by Crippen LogP contribution is -2.55. The zero-order valence-electron chi connectivity index (χ0n) is 20.0. The monoisotopic (exact) mass is 557 g/mol. The van der Waals surface area contributed by atoms with Gasteiger partial charge in [0, 0.05) is 31.6 Å². The molecule has 2 aromatic carbocycles. The molecule has 0 spiro atoms. The third kappa shape index (κ3) is 7.99. The Kier molecular flexibility index (Phi) is 10.6. The van der Waals surface area contributed by atoms with Crippen molar-refractivity contribution in [2.24, 2.45) is 0 Å². The third-order valence-corrected chi connectivity index (χ3v) is 5.61. The number of hydrogen-bond donors (Lipinski definition) is 2. The first-order valence-corrected chi connectivity index (χ1v) is 11.6. The topological polar surface area (TPSA) is 99.9 Å². The number of amides is 2. The molecule has 204 valence electrons. The van der Waals surface area contributed by atoms with Crippen molar-refractivity contribution in [1.82, 2.24) is 20.9 Å². The molecule has 1 atom stereocenters. The molecule has 0 bridgehead atoms. The van der Waals surface area contributed by atoms with Crippen molar-refractivity contribution < 1.29 is 36.5 Å². The standard InChI is InChI=1S/C24H24ClF4N5O4/c1-15(36)34(31-10-17-5-3-7-20(27)24(17)25)19(11-30-12-22(28)29)13-37-33(14-35)23-9-21(38-32-23)16-4-2-6-18(26)8-16/h2-9,14,19,22,30-31H,10-13H2,1H3/t19-/m0/s1. The molecule has 2 amide bonds. The summed E-state index contributed by atoms with van der Waals surface area (Å²) in [7, 11) is 0. The van der Waals surface area contributed by atoms with E-state index in [1.807, 2.05) is 0 Å². The van der Waals surface area contributed by atoms with E-state index in [4.69, 9.17) is 21.0 Å². The Bertz CT molecular complexity index is 1230. The van der Waals surface area contributed by atoms with Crippen molar-refractivity contribution in [3.05, 3.63) is 70.8 Å². The van der Waals surface area contributed by atoms with E-state index in [1.54, 1.807) is 12.1 Å². The highest BCUT2D eigenvalue weighted by atomic mass is 35.5. The number of alkyl halides is 2. The molecule has 14 heteroatoms. The molecule has 0 unspecified atom stereocenters. The number of benzene rings is 2. The van der Waals surface area contributed by atoms with E-state index < -0.39 is 36.6 Å². The summed E-state index contributed by atoms with van der Waals surface area (Å²) in [6, 6.07) is 10.1. The molecular weight excluding hydrogens is 534 g/mol. The van der Waals surface area contributed by atoms with Gasteiger partial charge < -0.3 is 9.84 Å². The largest absolute Gasteiger partial charge is 0.354 e. The summed E-state index contributed by atoms with van der Waals surface area (Å²) < 4.78 is 57.9. The number of hydrogen-bond acceptors (Lipinski definition) is 7. The Balaban J connectivity index is 1.74. The van der Waals surface area contributed by atoms with E-state index >= 15 is 0 Å². The predicted octanol–water partition coefficient (Wildman–Crippen LogP) is 3.94. The van der Waals surface area contributed by atoms with Crippen LogP contribution in [0.15, 0.2) is 53.1 Å². The van der Waals surface area contributed by atoms with Crippen LogP contribution in [0.25, 0.3) is 11.3 Å². The lowest BCUT2D eigenvalue weighted by molar-refractivity contribution is -0.137. The number of hydroxylamine groups is 1. The average Bonchev–Trinajstić information content (AvgIpc) is 3.36. The first kappa shape index (κ1) is 29.0. The summed E-state index contributed by atoms with van der Waals surface area (Å²) in [6.45, 7) is -0.0238. The van der Waals surface area contributed by atoms with Gasteiger partial charge in [-0.25, -0.2) is 23.0 Å².